The zero-order valence-electron chi connectivity index (χ0n) is 9.44. The van der Waals surface area contributed by atoms with E-state index in [0.29, 0.717) is 18.2 Å². The van der Waals surface area contributed by atoms with Crippen molar-refractivity contribution in [3.8, 4) is 0 Å². The van der Waals surface area contributed by atoms with Gasteiger partial charge in [-0.1, -0.05) is 0 Å². The molecule has 4 nitrogen and oxygen atoms in total. The molecule has 1 saturated carbocycles. The predicted octanol–water partition coefficient (Wildman–Crippen LogP) is 1.46. The molecule has 0 bridgehead atoms. The van der Waals surface area contributed by atoms with E-state index in [1.807, 2.05) is 19.1 Å². The molecule has 0 radical (unpaired) electrons. The van der Waals surface area contributed by atoms with Crippen molar-refractivity contribution < 1.29 is 4.79 Å². The molecule has 1 amide bonds. The van der Waals surface area contributed by atoms with E-state index in [4.69, 9.17) is 5.73 Å². The van der Waals surface area contributed by atoms with Crippen molar-refractivity contribution in [2.45, 2.75) is 32.2 Å². The summed E-state index contributed by atoms with van der Waals surface area (Å²) < 4.78 is 0. The van der Waals surface area contributed by atoms with Crippen LogP contribution >= 0.6 is 0 Å². The van der Waals surface area contributed by atoms with Crippen LogP contribution in [0.3, 0.4) is 0 Å². The maximum atomic E-state index is 11.6. The van der Waals surface area contributed by atoms with Gasteiger partial charge in [-0.3, -0.25) is 4.79 Å². The van der Waals surface area contributed by atoms with Crippen LogP contribution in [0.1, 0.15) is 24.8 Å². The van der Waals surface area contributed by atoms with E-state index in [9.17, 15) is 4.79 Å². The summed E-state index contributed by atoms with van der Waals surface area (Å²) >= 11 is 0. The van der Waals surface area contributed by atoms with E-state index >= 15 is 0 Å². The number of aryl methyl sites for hydroxylation is 1. The molecule has 0 aliphatic heterocycles. The molecule has 1 aliphatic rings. The molecule has 0 aromatic carbocycles. The van der Waals surface area contributed by atoms with Crippen LogP contribution in [0.5, 0.6) is 0 Å². The Balaban J connectivity index is 1.86. The summed E-state index contributed by atoms with van der Waals surface area (Å²) in [6, 6.07) is 3.75. The van der Waals surface area contributed by atoms with Crippen LogP contribution in [-0.4, -0.2) is 16.9 Å². The third kappa shape index (κ3) is 3.03. The molecule has 1 atom stereocenters. The maximum absolute atomic E-state index is 11.6. The van der Waals surface area contributed by atoms with Gasteiger partial charge < -0.3 is 11.1 Å². The van der Waals surface area contributed by atoms with Crippen LogP contribution in [-0.2, 0) is 4.79 Å². The van der Waals surface area contributed by atoms with Crippen molar-refractivity contribution in [2.24, 2.45) is 11.7 Å². The Morgan fingerprint density at radius 3 is 3.06 bits per heavy atom. The van der Waals surface area contributed by atoms with Gasteiger partial charge in [0.2, 0.25) is 5.91 Å². The first-order chi connectivity index (χ1) is 7.65. The van der Waals surface area contributed by atoms with Crippen molar-refractivity contribution in [1.82, 2.24) is 4.98 Å². The summed E-state index contributed by atoms with van der Waals surface area (Å²) in [7, 11) is 0. The van der Waals surface area contributed by atoms with Gasteiger partial charge in [-0.2, -0.15) is 0 Å². The SMILES string of the molecule is Cc1ccnc(NC(=O)CC(N)C2CC2)c1. The summed E-state index contributed by atoms with van der Waals surface area (Å²) in [6.45, 7) is 1.97. The smallest absolute Gasteiger partial charge is 0.227 e. The first-order valence-corrected chi connectivity index (χ1v) is 5.63. The Labute approximate surface area is 95.3 Å². The maximum Gasteiger partial charge on any atom is 0.227 e. The zero-order chi connectivity index (χ0) is 11.5. The van der Waals surface area contributed by atoms with Gasteiger partial charge in [0.1, 0.15) is 5.82 Å². The zero-order valence-corrected chi connectivity index (χ0v) is 9.44. The third-order valence-electron chi connectivity index (χ3n) is 2.83. The van der Waals surface area contributed by atoms with E-state index in [-0.39, 0.29) is 11.9 Å². The summed E-state index contributed by atoms with van der Waals surface area (Å²) in [4.78, 5) is 15.7. The van der Waals surface area contributed by atoms with Gasteiger partial charge >= 0.3 is 0 Å². The van der Waals surface area contributed by atoms with Crippen molar-refractivity contribution in [1.29, 1.82) is 0 Å². The molecule has 86 valence electrons. The number of hydrogen-bond acceptors (Lipinski definition) is 3. The monoisotopic (exact) mass is 219 g/mol. The Morgan fingerprint density at radius 1 is 1.69 bits per heavy atom. The lowest BCUT2D eigenvalue weighted by Crippen LogP contribution is -2.29. The molecular formula is C12H17N3O. The highest BCUT2D eigenvalue weighted by atomic mass is 16.1. The highest BCUT2D eigenvalue weighted by Gasteiger charge is 2.29. The molecule has 1 fully saturated rings. The number of nitrogens with two attached hydrogens (primary N) is 1. The Bertz CT molecular complexity index is 388. The molecule has 2 rings (SSSR count). The van der Waals surface area contributed by atoms with Gasteiger partial charge in [0.15, 0.2) is 0 Å². The number of carbonyl (C=O) groups is 1. The van der Waals surface area contributed by atoms with Gasteiger partial charge in [0.05, 0.1) is 0 Å². The highest BCUT2D eigenvalue weighted by Crippen LogP contribution is 2.32. The summed E-state index contributed by atoms with van der Waals surface area (Å²) in [5, 5.41) is 2.77. The van der Waals surface area contributed by atoms with E-state index in [2.05, 4.69) is 10.3 Å². The quantitative estimate of drug-likeness (QED) is 0.805. The molecule has 3 N–H and O–H groups in total. The lowest BCUT2D eigenvalue weighted by atomic mass is 10.1. The van der Waals surface area contributed by atoms with Gasteiger partial charge in [-0.05, 0) is 43.4 Å². The van der Waals surface area contributed by atoms with Gasteiger partial charge in [-0.15, -0.1) is 0 Å². The lowest BCUT2D eigenvalue weighted by Gasteiger charge is -2.10. The number of pyridine rings is 1. The fourth-order valence-electron chi connectivity index (χ4n) is 1.70. The van der Waals surface area contributed by atoms with Crippen molar-refractivity contribution in [3.05, 3.63) is 23.9 Å². The van der Waals surface area contributed by atoms with E-state index in [1.165, 1.54) is 0 Å². The number of nitrogens with zero attached hydrogens (tertiary/aromatic N) is 1. The number of aromatic nitrogens is 1. The average Bonchev–Trinajstić information content (AvgIpc) is 2.99. The molecule has 1 aromatic heterocycles. The number of rotatable bonds is 4. The average molecular weight is 219 g/mol. The molecule has 1 unspecified atom stereocenters. The minimum absolute atomic E-state index is 0.00445. The van der Waals surface area contributed by atoms with Crippen molar-refractivity contribution >= 4 is 11.7 Å². The predicted molar refractivity (Wildman–Crippen MR) is 62.9 cm³/mol. The molecule has 4 heteroatoms. The minimum Gasteiger partial charge on any atom is -0.327 e. The molecule has 16 heavy (non-hydrogen) atoms. The molecule has 0 spiro atoms. The fraction of sp³-hybridized carbons (Fsp3) is 0.500. The fourth-order valence-corrected chi connectivity index (χ4v) is 1.70. The largest absolute Gasteiger partial charge is 0.327 e. The van der Waals surface area contributed by atoms with E-state index in [0.717, 1.165) is 18.4 Å². The Kier molecular flexibility index (Phi) is 3.19. The Morgan fingerprint density at radius 2 is 2.44 bits per heavy atom. The molecule has 1 aliphatic carbocycles. The second kappa shape index (κ2) is 4.61. The first-order valence-electron chi connectivity index (χ1n) is 5.63. The molecule has 1 aromatic rings. The number of anilines is 1. The number of carbonyl (C=O) groups excluding carboxylic acids is 1. The van der Waals surface area contributed by atoms with Crippen LogP contribution in [0.4, 0.5) is 5.82 Å². The summed E-state index contributed by atoms with van der Waals surface area (Å²) in [6.07, 6.45) is 4.40. The van der Waals surface area contributed by atoms with Gasteiger partial charge in [0.25, 0.3) is 0 Å². The molecule has 0 saturated heterocycles. The highest BCUT2D eigenvalue weighted by molar-refractivity contribution is 5.90. The number of amides is 1. The van der Waals surface area contributed by atoms with E-state index < -0.39 is 0 Å². The molecular weight excluding hydrogens is 202 g/mol. The van der Waals surface area contributed by atoms with Crippen molar-refractivity contribution in [2.75, 3.05) is 5.32 Å². The Hall–Kier alpha value is -1.42. The van der Waals surface area contributed by atoms with Crippen molar-refractivity contribution in [3.63, 3.8) is 0 Å². The minimum atomic E-state index is -0.0440. The standard InChI is InChI=1S/C12H17N3O/c1-8-4-5-14-11(6-8)15-12(16)7-10(13)9-2-3-9/h4-6,9-10H,2-3,7,13H2,1H3,(H,14,15,16). The van der Waals surface area contributed by atoms with Crippen LogP contribution < -0.4 is 11.1 Å². The third-order valence-corrected chi connectivity index (χ3v) is 2.83. The second-order valence-corrected chi connectivity index (χ2v) is 4.47. The van der Waals surface area contributed by atoms with Crippen LogP contribution in [0.15, 0.2) is 18.3 Å². The van der Waals surface area contributed by atoms with Crippen LogP contribution in [0.2, 0.25) is 0 Å². The normalized spacial score (nSPS) is 16.9. The van der Waals surface area contributed by atoms with Gasteiger partial charge in [0, 0.05) is 18.7 Å². The summed E-state index contributed by atoms with van der Waals surface area (Å²) in [5.74, 6) is 1.11. The summed E-state index contributed by atoms with van der Waals surface area (Å²) in [5.41, 5.74) is 6.96. The first kappa shape index (κ1) is 11.1. The topological polar surface area (TPSA) is 68.0 Å². The lowest BCUT2D eigenvalue weighted by molar-refractivity contribution is -0.116. The second-order valence-electron chi connectivity index (χ2n) is 4.47. The molecule has 1 heterocycles. The van der Waals surface area contributed by atoms with Crippen LogP contribution in [0, 0.1) is 12.8 Å². The van der Waals surface area contributed by atoms with Gasteiger partial charge in [-0.25, -0.2) is 4.98 Å². The van der Waals surface area contributed by atoms with E-state index in [1.54, 1.807) is 6.20 Å². The number of hydrogen-bond donors (Lipinski definition) is 2. The number of nitrogens with one attached hydrogen (secondary N) is 1. The van der Waals surface area contributed by atoms with Crippen LogP contribution in [0.25, 0.3) is 0 Å².